The first-order valence-electron chi connectivity index (χ1n) is 1.81. The first kappa shape index (κ1) is 9.44. The standard InChI is InChI=1S/C3H3F5Te/c1-9-3(7,8)2(4,5)6/h1H3. The van der Waals surface area contributed by atoms with Crippen LogP contribution in [0.4, 0.5) is 22.0 Å². The van der Waals surface area contributed by atoms with Gasteiger partial charge in [-0.1, -0.05) is 0 Å². The summed E-state index contributed by atoms with van der Waals surface area (Å²) in [6.07, 6.45) is -5.33. The molecule has 0 amide bonds. The van der Waals surface area contributed by atoms with Crippen molar-refractivity contribution in [1.82, 2.24) is 0 Å². The molecule has 0 aliphatic heterocycles. The van der Waals surface area contributed by atoms with Crippen molar-refractivity contribution in [3.05, 3.63) is 0 Å². The Morgan fingerprint density at radius 1 is 1.00 bits per heavy atom. The van der Waals surface area contributed by atoms with Crippen molar-refractivity contribution in [3.8, 4) is 0 Å². The van der Waals surface area contributed by atoms with Crippen molar-refractivity contribution >= 4 is 20.9 Å². The Labute approximate surface area is 58.5 Å². The summed E-state index contributed by atoms with van der Waals surface area (Å²) in [5, 5.41) is 0. The zero-order valence-corrected chi connectivity index (χ0v) is 6.63. The van der Waals surface area contributed by atoms with Gasteiger partial charge < -0.3 is 0 Å². The Kier molecular flexibility index (Phi) is 2.71. The van der Waals surface area contributed by atoms with Crippen LogP contribution >= 0.6 is 0 Å². The number of alkyl halides is 5. The molecule has 0 aromatic heterocycles. The molecule has 0 unspecified atom stereocenters. The molecule has 0 aromatic carbocycles. The molecule has 0 heterocycles. The van der Waals surface area contributed by atoms with E-state index in [2.05, 4.69) is 0 Å². The molecule has 0 bridgehead atoms. The summed E-state index contributed by atoms with van der Waals surface area (Å²) in [5.41, 5.74) is 0. The van der Waals surface area contributed by atoms with Crippen LogP contribution in [0.1, 0.15) is 0 Å². The van der Waals surface area contributed by atoms with Gasteiger partial charge in [-0.2, -0.15) is 0 Å². The molecule has 0 nitrogen and oxygen atoms in total. The van der Waals surface area contributed by atoms with Gasteiger partial charge in [0.25, 0.3) is 0 Å². The number of hydrogen-bond donors (Lipinski definition) is 0. The molecule has 0 saturated heterocycles. The monoisotopic (exact) mass is 264 g/mol. The summed E-state index contributed by atoms with van der Waals surface area (Å²) in [6.45, 7) is 0. The van der Waals surface area contributed by atoms with Crippen LogP contribution in [0.25, 0.3) is 0 Å². The van der Waals surface area contributed by atoms with Gasteiger partial charge in [0.15, 0.2) is 0 Å². The molecule has 56 valence electrons. The molecule has 9 heavy (non-hydrogen) atoms. The fourth-order valence-electron chi connectivity index (χ4n) is 0.116. The molecule has 0 radical (unpaired) electrons. The zero-order chi connectivity index (χ0) is 7.71. The van der Waals surface area contributed by atoms with Crippen LogP contribution in [-0.2, 0) is 0 Å². The summed E-state index contributed by atoms with van der Waals surface area (Å²) in [6, 6.07) is 0. The molecular formula is C3H3F5Te. The van der Waals surface area contributed by atoms with Crippen molar-refractivity contribution in [2.75, 3.05) is 0 Å². The van der Waals surface area contributed by atoms with Crippen molar-refractivity contribution in [3.63, 3.8) is 0 Å². The zero-order valence-electron chi connectivity index (χ0n) is 4.30. The van der Waals surface area contributed by atoms with Gasteiger partial charge in [0, 0.05) is 0 Å². The van der Waals surface area contributed by atoms with Gasteiger partial charge in [0.1, 0.15) is 0 Å². The minimum absolute atomic E-state index is 0.915. The maximum absolute atomic E-state index is 11.6. The third-order valence-corrected chi connectivity index (χ3v) is 2.71. The second-order valence-electron chi connectivity index (χ2n) is 1.22. The molecule has 0 rings (SSSR count). The van der Waals surface area contributed by atoms with Gasteiger partial charge in [-0.05, 0) is 0 Å². The van der Waals surface area contributed by atoms with E-state index in [0.29, 0.717) is 0 Å². The third kappa shape index (κ3) is 2.26. The first-order valence-corrected chi connectivity index (χ1v) is 5.30. The van der Waals surface area contributed by atoms with Gasteiger partial charge >= 0.3 is 58.0 Å². The van der Waals surface area contributed by atoms with E-state index in [-0.39, 0.29) is 0 Å². The summed E-state index contributed by atoms with van der Waals surface area (Å²) < 4.78 is 52.1. The fourth-order valence-corrected chi connectivity index (χ4v) is 0.776. The number of hydrogen-bond acceptors (Lipinski definition) is 0. The van der Waals surface area contributed by atoms with E-state index >= 15 is 0 Å². The van der Waals surface area contributed by atoms with E-state index in [0.717, 1.165) is 4.97 Å². The summed E-state index contributed by atoms with van der Waals surface area (Å²) in [7, 11) is 0. The Morgan fingerprint density at radius 3 is 1.33 bits per heavy atom. The van der Waals surface area contributed by atoms with Gasteiger partial charge in [0.05, 0.1) is 0 Å². The molecular weight excluding hydrogens is 259 g/mol. The molecule has 6 heteroatoms. The molecule has 0 aliphatic rings. The molecule has 0 N–H and O–H groups in total. The third-order valence-electron chi connectivity index (χ3n) is 0.586. The van der Waals surface area contributed by atoms with Crippen LogP contribution < -0.4 is 0 Å². The van der Waals surface area contributed by atoms with Crippen molar-refractivity contribution in [2.24, 2.45) is 0 Å². The van der Waals surface area contributed by atoms with Crippen LogP contribution in [0, 0.1) is 0 Å². The fraction of sp³-hybridized carbons (Fsp3) is 1.00. The van der Waals surface area contributed by atoms with Crippen LogP contribution in [0.15, 0.2) is 0 Å². The number of halogens is 5. The second kappa shape index (κ2) is 2.59. The predicted molar refractivity (Wildman–Crippen MR) is 22.6 cm³/mol. The van der Waals surface area contributed by atoms with Crippen LogP contribution in [-0.4, -0.2) is 31.1 Å². The molecule has 0 atom stereocenters. The SMILES string of the molecule is C[Te]C(F)(F)C(F)(F)F. The molecule has 0 saturated carbocycles. The second-order valence-corrected chi connectivity index (χ2v) is 3.85. The van der Waals surface area contributed by atoms with Crippen molar-refractivity contribution in [1.29, 1.82) is 0 Å². The van der Waals surface area contributed by atoms with E-state index in [1.807, 2.05) is 0 Å². The Balaban J connectivity index is 4.14. The van der Waals surface area contributed by atoms with Gasteiger partial charge in [0.2, 0.25) is 0 Å². The van der Waals surface area contributed by atoms with Crippen LogP contribution in [0.2, 0.25) is 4.97 Å². The topological polar surface area (TPSA) is 0 Å². The number of rotatable bonds is 1. The van der Waals surface area contributed by atoms with Crippen LogP contribution in [0.3, 0.4) is 0 Å². The summed E-state index contributed by atoms with van der Waals surface area (Å²) >= 11 is -2.25. The van der Waals surface area contributed by atoms with Crippen molar-refractivity contribution in [2.45, 2.75) is 15.1 Å². The maximum atomic E-state index is 11.6. The summed E-state index contributed by atoms with van der Waals surface area (Å²) in [4.78, 5) is 0.915. The average molecular weight is 262 g/mol. The van der Waals surface area contributed by atoms with E-state index < -0.39 is 31.1 Å². The first-order chi connectivity index (χ1) is 3.81. The Bertz CT molecular complexity index is 94.9. The van der Waals surface area contributed by atoms with Gasteiger partial charge in [-0.3, -0.25) is 0 Å². The van der Waals surface area contributed by atoms with Gasteiger partial charge in [-0.25, -0.2) is 0 Å². The molecule has 0 spiro atoms. The quantitative estimate of drug-likeness (QED) is 0.500. The average Bonchev–Trinajstić information content (AvgIpc) is 1.64. The minimum atomic E-state index is -5.33. The Morgan fingerprint density at radius 2 is 1.33 bits per heavy atom. The normalized spacial score (nSPS) is 14.0. The van der Waals surface area contributed by atoms with E-state index in [1.165, 1.54) is 0 Å². The van der Waals surface area contributed by atoms with Gasteiger partial charge in [-0.15, -0.1) is 0 Å². The predicted octanol–water partition coefficient (Wildman–Crippen LogP) is 1.89. The summed E-state index contributed by atoms with van der Waals surface area (Å²) in [5.74, 6) is 0. The van der Waals surface area contributed by atoms with E-state index in [4.69, 9.17) is 0 Å². The van der Waals surface area contributed by atoms with E-state index in [9.17, 15) is 22.0 Å². The van der Waals surface area contributed by atoms with Crippen molar-refractivity contribution < 1.29 is 22.0 Å². The molecule has 0 fully saturated rings. The van der Waals surface area contributed by atoms with E-state index in [1.54, 1.807) is 0 Å². The Hall–Kier alpha value is 0.440. The van der Waals surface area contributed by atoms with Crippen LogP contribution in [0.5, 0.6) is 0 Å². The molecule has 0 aliphatic carbocycles. The molecule has 0 aromatic rings.